The summed E-state index contributed by atoms with van der Waals surface area (Å²) in [6.45, 7) is 3.48. The first-order valence-corrected chi connectivity index (χ1v) is 13.0. The summed E-state index contributed by atoms with van der Waals surface area (Å²) in [6.07, 6.45) is 4.54. The highest BCUT2D eigenvalue weighted by Gasteiger charge is 2.28. The zero-order valence-electron chi connectivity index (χ0n) is 19.4. The molecule has 4 rings (SSSR count). The molecule has 1 aromatic carbocycles. The molecule has 0 saturated carbocycles. The first-order chi connectivity index (χ1) is 16.1. The summed E-state index contributed by atoms with van der Waals surface area (Å²) >= 11 is 3.18. The van der Waals surface area contributed by atoms with E-state index in [2.05, 4.69) is 15.3 Å². The average molecular weight is 486 g/mol. The van der Waals surface area contributed by atoms with Gasteiger partial charge in [-0.25, -0.2) is 9.97 Å². The second-order valence-corrected chi connectivity index (χ2v) is 9.03. The molecule has 0 radical (unpaired) electrons. The number of fused-ring (bicyclic) bond motifs is 1. The number of hydrogen-bond donors (Lipinski definition) is 1. The topological polar surface area (TPSA) is 70.6 Å². The van der Waals surface area contributed by atoms with Crippen LogP contribution in [0.3, 0.4) is 0 Å². The van der Waals surface area contributed by atoms with Gasteiger partial charge in [-0.2, -0.15) is 11.3 Å². The standard InChI is InChI=1S/C20H27N5O2S.C4H4S/c1-21-8-5-11-27-14-15-6-4-7-16(12-15)25-10-9-24(2)18-17(19(25)26)13-22-20(23-18)28-3;1-2-4-5-3-1/h4,6-7,12-13,21H,5,8-11,14H2,1-3H3;1-4H. The van der Waals surface area contributed by atoms with Crippen LogP contribution in [0.25, 0.3) is 0 Å². The quantitative estimate of drug-likeness (QED) is 0.292. The van der Waals surface area contributed by atoms with Gasteiger partial charge >= 0.3 is 0 Å². The number of carbonyl (C=O) groups is 1. The van der Waals surface area contributed by atoms with Crippen LogP contribution >= 0.6 is 23.1 Å². The summed E-state index contributed by atoms with van der Waals surface area (Å²) in [7, 11) is 3.90. The van der Waals surface area contributed by atoms with Crippen LogP contribution in [0.1, 0.15) is 22.3 Å². The minimum Gasteiger partial charge on any atom is -0.377 e. The minimum absolute atomic E-state index is 0.0703. The van der Waals surface area contributed by atoms with Crippen molar-refractivity contribution < 1.29 is 9.53 Å². The molecule has 0 atom stereocenters. The smallest absolute Gasteiger partial charge is 0.263 e. The molecule has 33 heavy (non-hydrogen) atoms. The fourth-order valence-electron chi connectivity index (χ4n) is 3.33. The molecule has 0 saturated heterocycles. The van der Waals surface area contributed by atoms with E-state index < -0.39 is 0 Å². The van der Waals surface area contributed by atoms with Gasteiger partial charge in [-0.05, 0) is 54.7 Å². The molecule has 0 bridgehead atoms. The van der Waals surface area contributed by atoms with Crippen molar-refractivity contribution in [1.82, 2.24) is 15.3 Å². The first kappa shape index (κ1) is 25.2. The summed E-state index contributed by atoms with van der Waals surface area (Å²) in [5.74, 6) is 0.620. The van der Waals surface area contributed by atoms with Crippen molar-refractivity contribution in [2.75, 3.05) is 56.4 Å². The Hall–Kier alpha value is -2.46. The zero-order chi connectivity index (χ0) is 23.5. The van der Waals surface area contributed by atoms with Crippen LogP contribution in [0.5, 0.6) is 0 Å². The number of carbonyl (C=O) groups excluding carboxylic acids is 1. The predicted molar refractivity (Wildman–Crippen MR) is 138 cm³/mol. The van der Waals surface area contributed by atoms with Gasteiger partial charge in [0, 0.05) is 38.6 Å². The molecule has 0 spiro atoms. The number of amides is 1. The number of benzene rings is 1. The van der Waals surface area contributed by atoms with Crippen LogP contribution in [0.15, 0.2) is 58.5 Å². The van der Waals surface area contributed by atoms with E-state index in [0.29, 0.717) is 42.8 Å². The largest absolute Gasteiger partial charge is 0.377 e. The third-order valence-corrected chi connectivity index (χ3v) is 6.25. The van der Waals surface area contributed by atoms with E-state index in [1.807, 2.05) is 72.4 Å². The molecule has 2 aromatic heterocycles. The Balaban J connectivity index is 0.000000541. The summed E-state index contributed by atoms with van der Waals surface area (Å²) in [4.78, 5) is 25.9. The fraction of sp³-hybridized carbons (Fsp3) is 0.375. The molecule has 1 N–H and O–H groups in total. The number of rotatable bonds is 8. The molecule has 176 valence electrons. The van der Waals surface area contributed by atoms with Gasteiger partial charge in [0.15, 0.2) is 5.16 Å². The Bertz CT molecular complexity index is 983. The van der Waals surface area contributed by atoms with Crippen LogP contribution < -0.4 is 15.1 Å². The lowest BCUT2D eigenvalue weighted by atomic mass is 10.1. The SMILES string of the molecule is CNCCCOCc1cccc(N2CCN(C)c3nc(SC)ncc3C2=O)c1.c1ccsc1. The van der Waals surface area contributed by atoms with Gasteiger partial charge in [0.25, 0.3) is 5.91 Å². The Morgan fingerprint density at radius 3 is 2.73 bits per heavy atom. The number of nitrogens with zero attached hydrogens (tertiary/aromatic N) is 4. The molecule has 1 aliphatic rings. The lowest BCUT2D eigenvalue weighted by Gasteiger charge is -2.21. The van der Waals surface area contributed by atoms with E-state index in [0.717, 1.165) is 24.2 Å². The maximum absolute atomic E-state index is 13.2. The summed E-state index contributed by atoms with van der Waals surface area (Å²) in [5.41, 5.74) is 2.46. The Kier molecular flexibility index (Phi) is 10.1. The molecule has 3 aromatic rings. The van der Waals surface area contributed by atoms with E-state index in [1.165, 1.54) is 11.8 Å². The molecule has 3 heterocycles. The van der Waals surface area contributed by atoms with Crippen LogP contribution in [0.2, 0.25) is 0 Å². The van der Waals surface area contributed by atoms with Crippen molar-refractivity contribution in [3.63, 3.8) is 0 Å². The minimum atomic E-state index is -0.0703. The Morgan fingerprint density at radius 1 is 1.21 bits per heavy atom. The zero-order valence-corrected chi connectivity index (χ0v) is 21.0. The predicted octanol–water partition coefficient (Wildman–Crippen LogP) is 4.17. The summed E-state index contributed by atoms with van der Waals surface area (Å²) in [5, 5.41) is 7.86. The highest BCUT2D eigenvalue weighted by Crippen LogP contribution is 2.27. The van der Waals surface area contributed by atoms with Crippen LogP contribution in [0.4, 0.5) is 11.5 Å². The molecule has 0 fully saturated rings. The molecule has 7 nitrogen and oxygen atoms in total. The average Bonchev–Trinajstić information content (AvgIpc) is 3.41. The Morgan fingerprint density at radius 2 is 2.03 bits per heavy atom. The van der Waals surface area contributed by atoms with E-state index in [-0.39, 0.29) is 5.91 Å². The van der Waals surface area contributed by atoms with Crippen LogP contribution in [-0.4, -0.2) is 62.5 Å². The van der Waals surface area contributed by atoms with Gasteiger partial charge in [0.1, 0.15) is 11.4 Å². The number of anilines is 2. The number of nitrogens with one attached hydrogen (secondary N) is 1. The highest BCUT2D eigenvalue weighted by atomic mass is 32.2. The first-order valence-electron chi connectivity index (χ1n) is 10.9. The number of aromatic nitrogens is 2. The van der Waals surface area contributed by atoms with Crippen LogP contribution in [0, 0.1) is 0 Å². The molecular weight excluding hydrogens is 454 g/mol. The molecule has 0 aliphatic carbocycles. The molecule has 1 amide bonds. The number of thiophene rings is 1. The molecule has 9 heteroatoms. The second-order valence-electron chi connectivity index (χ2n) is 7.45. The lowest BCUT2D eigenvalue weighted by Crippen LogP contribution is -2.33. The number of hydrogen-bond acceptors (Lipinski definition) is 8. The fourth-order valence-corrected chi connectivity index (χ4v) is 4.12. The maximum Gasteiger partial charge on any atom is 0.263 e. The molecule has 0 unspecified atom stereocenters. The second kappa shape index (κ2) is 13.3. The van der Waals surface area contributed by atoms with Gasteiger partial charge in [-0.3, -0.25) is 4.79 Å². The van der Waals surface area contributed by atoms with Crippen LogP contribution in [-0.2, 0) is 11.3 Å². The van der Waals surface area contributed by atoms with E-state index in [4.69, 9.17) is 4.74 Å². The normalized spacial score (nSPS) is 13.2. The van der Waals surface area contributed by atoms with Gasteiger partial charge in [-0.15, -0.1) is 0 Å². The van der Waals surface area contributed by atoms with Crippen molar-refractivity contribution >= 4 is 40.5 Å². The van der Waals surface area contributed by atoms with Crippen molar-refractivity contribution in [3.8, 4) is 0 Å². The van der Waals surface area contributed by atoms with E-state index in [1.54, 1.807) is 22.4 Å². The van der Waals surface area contributed by atoms with Gasteiger partial charge < -0.3 is 19.9 Å². The van der Waals surface area contributed by atoms with E-state index in [9.17, 15) is 4.79 Å². The van der Waals surface area contributed by atoms with Crippen molar-refractivity contribution in [1.29, 1.82) is 0 Å². The summed E-state index contributed by atoms with van der Waals surface area (Å²) < 4.78 is 5.74. The van der Waals surface area contributed by atoms with Crippen molar-refractivity contribution in [2.24, 2.45) is 0 Å². The number of thioether (sulfide) groups is 1. The Labute approximate surface area is 204 Å². The lowest BCUT2D eigenvalue weighted by molar-refractivity contribution is 0.0989. The van der Waals surface area contributed by atoms with Crippen molar-refractivity contribution in [3.05, 3.63) is 64.5 Å². The number of ether oxygens (including phenoxy) is 1. The molecular formula is C24H31N5O2S2. The van der Waals surface area contributed by atoms with Crippen molar-refractivity contribution in [2.45, 2.75) is 18.2 Å². The van der Waals surface area contributed by atoms with Gasteiger partial charge in [-0.1, -0.05) is 36.0 Å². The number of likely N-dealkylation sites (N-methyl/N-ethyl adjacent to an activating group) is 1. The van der Waals surface area contributed by atoms with E-state index >= 15 is 0 Å². The third kappa shape index (κ3) is 7.26. The van der Waals surface area contributed by atoms with Gasteiger partial charge in [0.2, 0.25) is 0 Å². The monoisotopic (exact) mass is 485 g/mol. The van der Waals surface area contributed by atoms with Gasteiger partial charge in [0.05, 0.1) is 6.61 Å². The maximum atomic E-state index is 13.2. The third-order valence-electron chi connectivity index (χ3n) is 5.06. The molecule has 1 aliphatic heterocycles. The highest BCUT2D eigenvalue weighted by molar-refractivity contribution is 7.98. The summed E-state index contributed by atoms with van der Waals surface area (Å²) in [6, 6.07) is 12.0.